The van der Waals surface area contributed by atoms with Crippen molar-refractivity contribution >= 4 is 25.8 Å². The van der Waals surface area contributed by atoms with Gasteiger partial charge in [-0.15, -0.1) is 0 Å². The zero-order valence-corrected chi connectivity index (χ0v) is 18.9. The lowest BCUT2D eigenvalue weighted by Crippen LogP contribution is -2.43. The molecular weight excluding hydrogens is 487 g/mol. The zero-order chi connectivity index (χ0) is 24.8. The summed E-state index contributed by atoms with van der Waals surface area (Å²) in [5.41, 5.74) is 1.78. The second-order valence-electron chi connectivity index (χ2n) is 7.15. The molecule has 1 heterocycles. The van der Waals surface area contributed by atoms with E-state index < -0.39 is 56.1 Å². The first-order valence-corrected chi connectivity index (χ1v) is 13.1. The highest BCUT2D eigenvalue weighted by Gasteiger charge is 2.26. The average molecular weight is 510 g/mol. The van der Waals surface area contributed by atoms with E-state index in [9.17, 15) is 39.9 Å². The maximum Gasteiger partial charge on any atom is 0.315 e. The van der Waals surface area contributed by atoms with Crippen LogP contribution in [0.15, 0.2) is 42.6 Å². The number of halogens is 3. The van der Waals surface area contributed by atoms with E-state index in [-0.39, 0.29) is 12.1 Å². The number of hydrogen-bond donors (Lipinski definition) is 3. The Kier molecular flexibility index (Phi) is 8.94. The number of sulfone groups is 1. The molecule has 0 spiro atoms. The Bertz CT molecular complexity index is 1160. The molecule has 0 radical (unpaired) electrons. The molecule has 2 rings (SSSR count). The van der Waals surface area contributed by atoms with Crippen molar-refractivity contribution in [3.05, 3.63) is 53.9 Å². The number of aliphatic hydroxyl groups excluding tert-OH is 1. The van der Waals surface area contributed by atoms with Gasteiger partial charge in [0.05, 0.1) is 18.3 Å². The monoisotopic (exact) mass is 509 g/mol. The number of alkyl halides is 3. The molecule has 1 aromatic heterocycles. The summed E-state index contributed by atoms with van der Waals surface area (Å²) in [6.45, 7) is -1.46. The molecule has 14 heteroatoms. The molecule has 0 unspecified atom stereocenters. The quantitative estimate of drug-likeness (QED) is 0.409. The number of aromatic nitrogens is 1. The number of sulfonamides is 1. The lowest BCUT2D eigenvalue weighted by Gasteiger charge is -2.22. The number of pyridine rings is 1. The molecule has 2 atom stereocenters. The van der Waals surface area contributed by atoms with Crippen molar-refractivity contribution in [1.82, 2.24) is 15.0 Å². The second kappa shape index (κ2) is 11.0. The molecule has 3 N–H and O–H groups in total. The third-order valence-corrected chi connectivity index (χ3v) is 7.86. The fourth-order valence-electron chi connectivity index (χ4n) is 2.76. The van der Waals surface area contributed by atoms with Crippen LogP contribution in [0.3, 0.4) is 0 Å². The molecule has 33 heavy (non-hydrogen) atoms. The first-order valence-electron chi connectivity index (χ1n) is 9.34. The summed E-state index contributed by atoms with van der Waals surface area (Å²) in [6, 6.07) is 7.62. The molecule has 0 saturated heterocycles. The van der Waals surface area contributed by atoms with Crippen LogP contribution in [0.2, 0.25) is 0 Å². The van der Waals surface area contributed by atoms with Gasteiger partial charge in [-0.1, -0.05) is 30.3 Å². The van der Waals surface area contributed by atoms with Crippen LogP contribution in [0.5, 0.6) is 0 Å². The minimum atomic E-state index is -4.03. The molecule has 0 aliphatic carbocycles. The third-order valence-electron chi connectivity index (χ3n) is 4.33. The van der Waals surface area contributed by atoms with E-state index in [0.717, 1.165) is 6.26 Å². The maximum atomic E-state index is 13.1. The molecule has 2 aromatic rings. The van der Waals surface area contributed by atoms with Crippen LogP contribution >= 0.6 is 0 Å². The number of amides is 1. The number of aliphatic hydroxyl groups is 1. The predicted octanol–water partition coefficient (Wildman–Crippen LogP) is 0.923. The Labute approximate surface area is 189 Å². The van der Waals surface area contributed by atoms with Gasteiger partial charge < -0.3 is 10.4 Å². The van der Waals surface area contributed by atoms with Crippen LogP contribution in [-0.4, -0.2) is 63.3 Å². The highest BCUT2D eigenvalue weighted by atomic mass is 32.3. The van der Waals surface area contributed by atoms with Gasteiger partial charge in [-0.05, 0) is 17.2 Å². The lowest BCUT2D eigenvalue weighted by molar-refractivity contribution is -0.133. The van der Waals surface area contributed by atoms with Crippen LogP contribution in [0.25, 0.3) is 11.1 Å². The molecule has 0 aliphatic heterocycles. The van der Waals surface area contributed by atoms with E-state index in [0.29, 0.717) is 16.8 Å². The van der Waals surface area contributed by atoms with Crippen molar-refractivity contribution < 1.29 is 39.9 Å². The highest BCUT2D eigenvalue weighted by Crippen LogP contribution is 2.23. The van der Waals surface area contributed by atoms with E-state index in [4.69, 9.17) is 0 Å². The van der Waals surface area contributed by atoms with Gasteiger partial charge in [-0.3, -0.25) is 9.78 Å². The number of nitrogens with one attached hydrogen (secondary N) is 2. The van der Waals surface area contributed by atoms with Crippen molar-refractivity contribution in [3.63, 3.8) is 0 Å². The predicted molar refractivity (Wildman–Crippen MR) is 114 cm³/mol. The zero-order valence-electron chi connectivity index (χ0n) is 17.3. The molecule has 0 aliphatic rings. The van der Waals surface area contributed by atoms with Crippen LogP contribution in [0.4, 0.5) is 13.2 Å². The van der Waals surface area contributed by atoms with Gasteiger partial charge in [-0.2, -0.15) is 8.78 Å². The Hall–Kier alpha value is -2.55. The SMILES string of the molecule is CS(=O)(=O)CS(=O)(=O)NCc1ccc(-c2ccc([C@@H](O)[C@@H](CF)NC(=O)C(F)F)cc2)cn1. The van der Waals surface area contributed by atoms with Crippen molar-refractivity contribution in [3.8, 4) is 11.1 Å². The number of rotatable bonds is 11. The van der Waals surface area contributed by atoms with Gasteiger partial charge in [0.25, 0.3) is 5.91 Å². The average Bonchev–Trinajstić information content (AvgIpc) is 2.74. The van der Waals surface area contributed by atoms with E-state index in [1.807, 2.05) is 0 Å². The minimum absolute atomic E-state index is 0.195. The second-order valence-corrected chi connectivity index (χ2v) is 11.5. The van der Waals surface area contributed by atoms with Crippen LogP contribution < -0.4 is 10.0 Å². The van der Waals surface area contributed by atoms with Gasteiger partial charge in [0.2, 0.25) is 10.0 Å². The topological polar surface area (TPSA) is 143 Å². The van der Waals surface area contributed by atoms with Gasteiger partial charge >= 0.3 is 6.43 Å². The first kappa shape index (κ1) is 26.7. The first-order chi connectivity index (χ1) is 15.3. The van der Waals surface area contributed by atoms with Crippen LogP contribution in [0, 0.1) is 0 Å². The summed E-state index contributed by atoms with van der Waals surface area (Å²) >= 11 is 0. The smallest absolute Gasteiger partial charge is 0.315 e. The van der Waals surface area contributed by atoms with Gasteiger partial charge in [0.15, 0.2) is 14.9 Å². The van der Waals surface area contributed by atoms with Crippen molar-refractivity contribution in [2.45, 2.75) is 25.1 Å². The summed E-state index contributed by atoms with van der Waals surface area (Å²) in [5, 5.41) is 10.9. The Morgan fingerprint density at radius 2 is 1.67 bits per heavy atom. The van der Waals surface area contributed by atoms with E-state index >= 15 is 0 Å². The molecule has 1 aromatic carbocycles. The third kappa shape index (κ3) is 8.38. The van der Waals surface area contributed by atoms with E-state index in [1.54, 1.807) is 23.5 Å². The molecule has 0 saturated carbocycles. The molecule has 1 amide bonds. The van der Waals surface area contributed by atoms with Gasteiger partial charge in [0, 0.05) is 18.0 Å². The fraction of sp³-hybridized carbons (Fsp3) is 0.368. The number of carbonyl (C=O) groups is 1. The van der Waals surface area contributed by atoms with Crippen molar-refractivity contribution in [1.29, 1.82) is 0 Å². The van der Waals surface area contributed by atoms with E-state index in [1.165, 1.54) is 24.4 Å². The normalized spacial score (nSPS) is 14.1. The summed E-state index contributed by atoms with van der Waals surface area (Å²) in [4.78, 5) is 15.2. The minimum Gasteiger partial charge on any atom is -0.386 e. The Morgan fingerprint density at radius 3 is 2.15 bits per heavy atom. The lowest BCUT2D eigenvalue weighted by atomic mass is 9.99. The Morgan fingerprint density at radius 1 is 1.06 bits per heavy atom. The maximum absolute atomic E-state index is 13.1. The Balaban J connectivity index is 2.05. The summed E-state index contributed by atoms with van der Waals surface area (Å²) in [6.07, 6.45) is -2.63. The van der Waals surface area contributed by atoms with Crippen LogP contribution in [0.1, 0.15) is 17.4 Å². The van der Waals surface area contributed by atoms with Crippen molar-refractivity contribution in [2.75, 3.05) is 18.0 Å². The number of hydrogen-bond acceptors (Lipinski definition) is 7. The van der Waals surface area contributed by atoms with Crippen molar-refractivity contribution in [2.24, 2.45) is 0 Å². The largest absolute Gasteiger partial charge is 0.386 e. The summed E-state index contributed by atoms with van der Waals surface area (Å²) in [7, 11) is -7.75. The van der Waals surface area contributed by atoms with Crippen LogP contribution in [-0.2, 0) is 31.2 Å². The van der Waals surface area contributed by atoms with Gasteiger partial charge in [-0.25, -0.2) is 25.9 Å². The summed E-state index contributed by atoms with van der Waals surface area (Å²) in [5.74, 6) is -1.68. The molecule has 182 valence electrons. The number of nitrogens with zero attached hydrogens (tertiary/aromatic N) is 1. The number of carbonyl (C=O) groups excluding carboxylic acids is 1. The molecular formula is C19H22F3N3O6S2. The molecule has 9 nitrogen and oxygen atoms in total. The number of benzene rings is 1. The highest BCUT2D eigenvalue weighted by molar-refractivity contribution is 8.06. The van der Waals surface area contributed by atoms with Gasteiger partial charge in [0.1, 0.15) is 12.8 Å². The molecule has 0 bridgehead atoms. The van der Waals surface area contributed by atoms with E-state index in [2.05, 4.69) is 9.71 Å². The summed E-state index contributed by atoms with van der Waals surface area (Å²) < 4.78 is 85.7. The standard InChI is InChI=1S/C19H22F3N3O6S2/c1-32(28,29)11-33(30,31)24-10-15-7-6-14(9-23-15)12-2-4-13(5-3-12)17(26)16(8-20)25-19(27)18(21)22/h2-7,9,16-18,24,26H,8,10-11H2,1H3,(H,25,27)/t16-,17-/m1/s1. The molecule has 0 fully saturated rings. The fourth-order valence-corrected chi connectivity index (χ4v) is 5.72.